The van der Waals surface area contributed by atoms with E-state index in [9.17, 15) is 9.59 Å². The van der Waals surface area contributed by atoms with Crippen molar-refractivity contribution in [3.8, 4) is 0 Å². The maximum atomic E-state index is 12.1. The highest BCUT2D eigenvalue weighted by atomic mass is 35.5. The number of carbonyl (C=O) groups excluding carboxylic acids is 2. The molecule has 6 heteroatoms. The van der Waals surface area contributed by atoms with E-state index in [1.54, 1.807) is 29.2 Å². The highest BCUT2D eigenvalue weighted by molar-refractivity contribution is 6.33. The van der Waals surface area contributed by atoms with Crippen molar-refractivity contribution in [2.45, 2.75) is 19.8 Å². The van der Waals surface area contributed by atoms with Crippen LogP contribution in [-0.2, 0) is 16.0 Å². The van der Waals surface area contributed by atoms with E-state index in [0.717, 1.165) is 5.56 Å². The Morgan fingerprint density at radius 1 is 1.00 bits per heavy atom. The number of nitrogens with one attached hydrogen (secondary N) is 1. The van der Waals surface area contributed by atoms with Crippen LogP contribution in [-0.4, -0.2) is 29.8 Å². The molecule has 2 aromatic carbocycles. The molecule has 0 saturated carbocycles. The summed E-state index contributed by atoms with van der Waals surface area (Å²) >= 11 is 11.9. The number of benzene rings is 2. The van der Waals surface area contributed by atoms with E-state index in [2.05, 4.69) is 5.32 Å². The van der Waals surface area contributed by atoms with Crippen LogP contribution in [0, 0.1) is 0 Å². The minimum Gasteiger partial charge on any atom is -0.342 e. The van der Waals surface area contributed by atoms with Gasteiger partial charge in [0, 0.05) is 31.5 Å². The molecule has 0 bridgehead atoms. The molecule has 2 rings (SSSR count). The number of rotatable bonds is 7. The Morgan fingerprint density at radius 3 is 2.32 bits per heavy atom. The smallest absolute Gasteiger partial charge is 0.226 e. The van der Waals surface area contributed by atoms with E-state index in [1.165, 1.54) is 6.92 Å². The number of hydrogen-bond acceptors (Lipinski definition) is 2. The summed E-state index contributed by atoms with van der Waals surface area (Å²) < 4.78 is 0. The molecule has 0 aliphatic rings. The monoisotopic (exact) mass is 378 g/mol. The maximum absolute atomic E-state index is 12.1. The van der Waals surface area contributed by atoms with Crippen LogP contribution in [0.1, 0.15) is 18.9 Å². The van der Waals surface area contributed by atoms with Crippen molar-refractivity contribution < 1.29 is 9.59 Å². The summed E-state index contributed by atoms with van der Waals surface area (Å²) in [7, 11) is 0. The molecule has 25 heavy (non-hydrogen) atoms. The molecule has 4 nitrogen and oxygen atoms in total. The van der Waals surface area contributed by atoms with Crippen LogP contribution in [0.4, 0.5) is 5.69 Å². The van der Waals surface area contributed by atoms with Gasteiger partial charge < -0.3 is 10.2 Å². The van der Waals surface area contributed by atoms with Crippen LogP contribution in [0.2, 0.25) is 10.0 Å². The molecule has 0 aromatic heterocycles. The first-order chi connectivity index (χ1) is 12.0. The van der Waals surface area contributed by atoms with Gasteiger partial charge in [-0.15, -0.1) is 0 Å². The number of amides is 2. The van der Waals surface area contributed by atoms with E-state index in [1.807, 2.05) is 24.3 Å². The van der Waals surface area contributed by atoms with E-state index in [0.29, 0.717) is 35.2 Å². The Bertz CT molecular complexity index is 732. The van der Waals surface area contributed by atoms with Gasteiger partial charge in [0.25, 0.3) is 0 Å². The summed E-state index contributed by atoms with van der Waals surface area (Å²) in [5, 5.41) is 3.93. The molecule has 2 amide bonds. The van der Waals surface area contributed by atoms with Crippen molar-refractivity contribution in [1.82, 2.24) is 4.90 Å². The molecule has 0 heterocycles. The topological polar surface area (TPSA) is 49.4 Å². The lowest BCUT2D eigenvalue weighted by Gasteiger charge is -2.21. The minimum atomic E-state index is -0.175. The van der Waals surface area contributed by atoms with Crippen molar-refractivity contribution in [2.75, 3.05) is 18.4 Å². The van der Waals surface area contributed by atoms with Gasteiger partial charge in [-0.1, -0.05) is 47.5 Å². The maximum Gasteiger partial charge on any atom is 0.226 e. The molecule has 0 atom stereocenters. The van der Waals surface area contributed by atoms with Gasteiger partial charge >= 0.3 is 0 Å². The van der Waals surface area contributed by atoms with Crippen LogP contribution < -0.4 is 5.32 Å². The number of halogens is 2. The average molecular weight is 379 g/mol. The Hall–Kier alpha value is -2.04. The molecular weight excluding hydrogens is 359 g/mol. The SMILES string of the molecule is CC(=O)N(CCC(=O)Nc1ccccc1Cl)CCc1ccc(Cl)cc1. The Kier molecular flexibility index (Phi) is 7.29. The van der Waals surface area contributed by atoms with E-state index >= 15 is 0 Å². The Balaban J connectivity index is 1.84. The van der Waals surface area contributed by atoms with Crippen LogP contribution >= 0.6 is 23.2 Å². The van der Waals surface area contributed by atoms with Gasteiger partial charge in [-0.2, -0.15) is 0 Å². The lowest BCUT2D eigenvalue weighted by Crippen LogP contribution is -2.33. The summed E-state index contributed by atoms with van der Waals surface area (Å²) in [5.41, 5.74) is 1.67. The van der Waals surface area contributed by atoms with E-state index in [-0.39, 0.29) is 18.2 Å². The zero-order chi connectivity index (χ0) is 18.2. The predicted octanol–water partition coefficient (Wildman–Crippen LogP) is 4.41. The molecule has 0 fully saturated rings. The first-order valence-electron chi connectivity index (χ1n) is 8.00. The number of nitrogens with zero attached hydrogens (tertiary/aromatic N) is 1. The minimum absolute atomic E-state index is 0.0560. The number of para-hydroxylation sites is 1. The van der Waals surface area contributed by atoms with E-state index in [4.69, 9.17) is 23.2 Å². The largest absolute Gasteiger partial charge is 0.342 e. The van der Waals surface area contributed by atoms with Gasteiger partial charge in [-0.25, -0.2) is 0 Å². The Labute approximate surface area is 157 Å². The molecule has 0 saturated heterocycles. The third-order valence-electron chi connectivity index (χ3n) is 3.79. The second kappa shape index (κ2) is 9.44. The number of anilines is 1. The van der Waals surface area contributed by atoms with Gasteiger partial charge in [0.2, 0.25) is 11.8 Å². The molecule has 0 unspecified atom stereocenters. The summed E-state index contributed by atoms with van der Waals surface area (Å²) in [5.74, 6) is -0.231. The molecule has 0 spiro atoms. The van der Waals surface area contributed by atoms with Crippen LogP contribution in [0.3, 0.4) is 0 Å². The van der Waals surface area contributed by atoms with E-state index < -0.39 is 0 Å². The van der Waals surface area contributed by atoms with Gasteiger partial charge in [-0.05, 0) is 36.2 Å². The van der Waals surface area contributed by atoms with Crippen LogP contribution in [0.25, 0.3) is 0 Å². The lowest BCUT2D eigenvalue weighted by molar-refractivity contribution is -0.129. The zero-order valence-corrected chi connectivity index (χ0v) is 15.5. The molecular formula is C19H20Cl2N2O2. The van der Waals surface area contributed by atoms with Gasteiger partial charge in [0.1, 0.15) is 0 Å². The Morgan fingerprint density at radius 2 is 1.68 bits per heavy atom. The fourth-order valence-electron chi connectivity index (χ4n) is 2.35. The van der Waals surface area contributed by atoms with Crippen molar-refractivity contribution in [1.29, 1.82) is 0 Å². The second-order valence-corrected chi connectivity index (χ2v) is 6.50. The number of hydrogen-bond donors (Lipinski definition) is 1. The van der Waals surface area contributed by atoms with Gasteiger partial charge in [0.15, 0.2) is 0 Å². The van der Waals surface area contributed by atoms with Crippen molar-refractivity contribution in [3.05, 3.63) is 64.1 Å². The lowest BCUT2D eigenvalue weighted by atomic mass is 10.1. The fourth-order valence-corrected chi connectivity index (χ4v) is 2.66. The molecule has 2 aromatic rings. The summed E-state index contributed by atoms with van der Waals surface area (Å²) in [6.07, 6.45) is 0.925. The highest BCUT2D eigenvalue weighted by Gasteiger charge is 2.12. The van der Waals surface area contributed by atoms with Crippen LogP contribution in [0.15, 0.2) is 48.5 Å². The predicted molar refractivity (Wildman–Crippen MR) is 102 cm³/mol. The standard InChI is InChI=1S/C19H20Cl2N2O2/c1-14(24)23(12-10-15-6-8-16(20)9-7-15)13-11-19(25)22-18-5-3-2-4-17(18)21/h2-9H,10-13H2,1H3,(H,22,25). The molecule has 0 radical (unpaired) electrons. The first-order valence-corrected chi connectivity index (χ1v) is 8.75. The highest BCUT2D eigenvalue weighted by Crippen LogP contribution is 2.20. The first kappa shape index (κ1) is 19.3. The second-order valence-electron chi connectivity index (χ2n) is 5.66. The summed E-state index contributed by atoms with van der Waals surface area (Å²) in [6, 6.07) is 14.6. The summed E-state index contributed by atoms with van der Waals surface area (Å²) in [4.78, 5) is 25.5. The third kappa shape index (κ3) is 6.40. The molecule has 1 N–H and O–H groups in total. The number of carbonyl (C=O) groups is 2. The average Bonchev–Trinajstić information content (AvgIpc) is 2.58. The molecule has 132 valence electrons. The van der Waals surface area contributed by atoms with Crippen molar-refractivity contribution >= 4 is 40.7 Å². The van der Waals surface area contributed by atoms with Gasteiger partial charge in [0.05, 0.1) is 10.7 Å². The molecule has 0 aliphatic carbocycles. The summed E-state index contributed by atoms with van der Waals surface area (Å²) in [6.45, 7) is 2.42. The third-order valence-corrected chi connectivity index (χ3v) is 4.37. The van der Waals surface area contributed by atoms with Crippen molar-refractivity contribution in [2.24, 2.45) is 0 Å². The fraction of sp³-hybridized carbons (Fsp3) is 0.263. The van der Waals surface area contributed by atoms with Crippen molar-refractivity contribution in [3.63, 3.8) is 0 Å². The van der Waals surface area contributed by atoms with Gasteiger partial charge in [-0.3, -0.25) is 9.59 Å². The zero-order valence-electron chi connectivity index (χ0n) is 14.0. The normalized spacial score (nSPS) is 10.4. The van der Waals surface area contributed by atoms with Crippen LogP contribution in [0.5, 0.6) is 0 Å². The molecule has 0 aliphatic heterocycles. The quantitative estimate of drug-likeness (QED) is 0.775.